The molecule has 4 nitrogen and oxygen atoms in total. The summed E-state index contributed by atoms with van der Waals surface area (Å²) in [6.45, 7) is 10.3. The van der Waals surface area contributed by atoms with Gasteiger partial charge in [0.2, 0.25) is 0 Å². The van der Waals surface area contributed by atoms with Gasteiger partial charge in [-0.05, 0) is 39.2 Å². The molecule has 0 radical (unpaired) electrons. The van der Waals surface area contributed by atoms with Crippen LogP contribution >= 0.6 is 0 Å². The molecule has 0 atom stereocenters. The van der Waals surface area contributed by atoms with Gasteiger partial charge in [-0.1, -0.05) is 43.7 Å². The van der Waals surface area contributed by atoms with Crippen LogP contribution in [-0.4, -0.2) is 34.6 Å². The van der Waals surface area contributed by atoms with E-state index in [0.29, 0.717) is 6.54 Å². The third-order valence-electron chi connectivity index (χ3n) is 3.92. The van der Waals surface area contributed by atoms with Gasteiger partial charge in [0.25, 0.3) is 0 Å². The summed E-state index contributed by atoms with van der Waals surface area (Å²) in [7, 11) is 0. The quantitative estimate of drug-likeness (QED) is 0.779. The Balaban J connectivity index is 2.10. The maximum atomic E-state index is 12.5. The molecule has 1 aromatic carbocycles. The van der Waals surface area contributed by atoms with Gasteiger partial charge in [-0.3, -0.25) is 4.90 Å². The molecule has 0 unspecified atom stereocenters. The summed E-state index contributed by atoms with van der Waals surface area (Å²) in [4.78, 5) is 16.6. The Bertz CT molecular complexity index is 561. The number of carbonyl (C=O) groups is 1. The van der Waals surface area contributed by atoms with Gasteiger partial charge >= 0.3 is 6.09 Å². The SMILES string of the molecule is CCCCC1=CN(Cc2ccccc2)CCN1C(=O)OC(C)(C)C. The normalized spacial score (nSPS) is 15.2. The zero-order valence-electron chi connectivity index (χ0n) is 15.4. The molecular weight excluding hydrogens is 300 g/mol. The number of nitrogens with zero attached hydrogens (tertiary/aromatic N) is 2. The van der Waals surface area contributed by atoms with Crippen molar-refractivity contribution < 1.29 is 9.53 Å². The highest BCUT2D eigenvalue weighted by atomic mass is 16.6. The Morgan fingerprint density at radius 3 is 2.50 bits per heavy atom. The van der Waals surface area contributed by atoms with Crippen LogP contribution in [0.2, 0.25) is 0 Å². The number of allylic oxidation sites excluding steroid dienone is 1. The second-order valence-corrected chi connectivity index (χ2v) is 7.31. The fraction of sp³-hybridized carbons (Fsp3) is 0.550. The van der Waals surface area contributed by atoms with Crippen LogP contribution in [0.5, 0.6) is 0 Å². The number of benzene rings is 1. The molecule has 1 amide bonds. The van der Waals surface area contributed by atoms with Gasteiger partial charge in [0.05, 0.1) is 0 Å². The number of rotatable bonds is 5. The third kappa shape index (κ3) is 5.59. The number of hydrogen-bond acceptors (Lipinski definition) is 3. The van der Waals surface area contributed by atoms with Gasteiger partial charge in [-0.25, -0.2) is 4.79 Å². The van der Waals surface area contributed by atoms with Crippen molar-refractivity contribution >= 4 is 6.09 Å². The molecule has 132 valence electrons. The second-order valence-electron chi connectivity index (χ2n) is 7.31. The van der Waals surface area contributed by atoms with Crippen LogP contribution in [0.25, 0.3) is 0 Å². The first kappa shape index (κ1) is 18.4. The molecule has 1 aliphatic heterocycles. The van der Waals surface area contributed by atoms with Crippen LogP contribution in [-0.2, 0) is 11.3 Å². The Hall–Kier alpha value is -1.97. The highest BCUT2D eigenvalue weighted by Crippen LogP contribution is 2.22. The van der Waals surface area contributed by atoms with E-state index in [2.05, 4.69) is 42.3 Å². The van der Waals surface area contributed by atoms with Crippen molar-refractivity contribution in [2.75, 3.05) is 13.1 Å². The molecule has 0 fully saturated rings. The molecule has 0 saturated heterocycles. The van der Waals surface area contributed by atoms with E-state index in [0.717, 1.165) is 38.0 Å². The number of unbranched alkanes of at least 4 members (excludes halogenated alkanes) is 1. The first-order valence-electron chi connectivity index (χ1n) is 8.88. The van der Waals surface area contributed by atoms with Gasteiger partial charge in [0.1, 0.15) is 5.60 Å². The Kier molecular flexibility index (Phi) is 6.29. The first-order chi connectivity index (χ1) is 11.4. The lowest BCUT2D eigenvalue weighted by molar-refractivity contribution is 0.0272. The summed E-state index contributed by atoms with van der Waals surface area (Å²) in [6.07, 6.45) is 4.99. The molecule has 4 heteroatoms. The molecule has 24 heavy (non-hydrogen) atoms. The number of amides is 1. The summed E-state index contributed by atoms with van der Waals surface area (Å²) in [5, 5.41) is 0. The highest BCUT2D eigenvalue weighted by molar-refractivity contribution is 5.70. The summed E-state index contributed by atoms with van der Waals surface area (Å²) < 4.78 is 5.57. The van der Waals surface area contributed by atoms with Crippen molar-refractivity contribution in [2.24, 2.45) is 0 Å². The molecule has 0 saturated carbocycles. The van der Waals surface area contributed by atoms with Crippen LogP contribution in [0.15, 0.2) is 42.2 Å². The molecule has 0 aromatic heterocycles. The zero-order chi connectivity index (χ0) is 17.6. The molecule has 1 aromatic rings. The number of ether oxygens (including phenoxy) is 1. The molecule has 1 heterocycles. The van der Waals surface area contributed by atoms with Crippen molar-refractivity contribution in [1.82, 2.24) is 9.80 Å². The van der Waals surface area contributed by atoms with Gasteiger partial charge in [0, 0.05) is 31.5 Å². The first-order valence-corrected chi connectivity index (χ1v) is 8.88. The summed E-state index contributed by atoms with van der Waals surface area (Å²) in [5.41, 5.74) is 1.89. The van der Waals surface area contributed by atoms with Crippen LogP contribution in [0.1, 0.15) is 52.5 Å². The minimum Gasteiger partial charge on any atom is -0.443 e. The van der Waals surface area contributed by atoms with Gasteiger partial charge in [-0.15, -0.1) is 0 Å². The van der Waals surface area contributed by atoms with Gasteiger partial charge < -0.3 is 9.64 Å². The van der Waals surface area contributed by atoms with Crippen molar-refractivity contribution in [3.63, 3.8) is 0 Å². The van der Waals surface area contributed by atoms with Crippen LogP contribution in [0.3, 0.4) is 0 Å². The number of hydrogen-bond donors (Lipinski definition) is 0. The van der Waals surface area contributed by atoms with E-state index < -0.39 is 5.60 Å². The topological polar surface area (TPSA) is 32.8 Å². The average Bonchev–Trinajstić information content (AvgIpc) is 2.52. The standard InChI is InChI=1S/C20H30N2O2/c1-5-6-12-18-16-21(15-17-10-8-7-9-11-17)13-14-22(18)19(23)24-20(2,3)4/h7-11,16H,5-6,12-15H2,1-4H3. The van der Waals surface area contributed by atoms with Crippen LogP contribution < -0.4 is 0 Å². The molecule has 0 aliphatic carbocycles. The Morgan fingerprint density at radius 1 is 1.17 bits per heavy atom. The molecule has 0 bridgehead atoms. The molecular formula is C20H30N2O2. The lowest BCUT2D eigenvalue weighted by Gasteiger charge is -2.36. The van der Waals surface area contributed by atoms with E-state index in [1.54, 1.807) is 0 Å². The average molecular weight is 330 g/mol. The van der Waals surface area contributed by atoms with Gasteiger partial charge in [-0.2, -0.15) is 0 Å². The van der Waals surface area contributed by atoms with E-state index >= 15 is 0 Å². The maximum absolute atomic E-state index is 12.5. The molecule has 0 spiro atoms. The van der Waals surface area contributed by atoms with Crippen molar-refractivity contribution in [3.05, 3.63) is 47.8 Å². The Labute approximate surface area is 146 Å². The van der Waals surface area contributed by atoms with E-state index in [1.807, 2.05) is 31.7 Å². The fourth-order valence-electron chi connectivity index (χ4n) is 2.74. The van der Waals surface area contributed by atoms with Crippen molar-refractivity contribution in [1.29, 1.82) is 0 Å². The predicted octanol–water partition coefficient (Wildman–Crippen LogP) is 4.77. The predicted molar refractivity (Wildman–Crippen MR) is 97.4 cm³/mol. The third-order valence-corrected chi connectivity index (χ3v) is 3.92. The van der Waals surface area contributed by atoms with Crippen LogP contribution in [0, 0.1) is 0 Å². The zero-order valence-corrected chi connectivity index (χ0v) is 15.4. The fourth-order valence-corrected chi connectivity index (χ4v) is 2.74. The second kappa shape index (κ2) is 8.22. The minimum absolute atomic E-state index is 0.232. The molecule has 0 N–H and O–H groups in total. The molecule has 1 aliphatic rings. The minimum atomic E-state index is -0.464. The van der Waals surface area contributed by atoms with E-state index in [-0.39, 0.29) is 6.09 Å². The number of carbonyl (C=O) groups excluding carboxylic acids is 1. The monoisotopic (exact) mass is 330 g/mol. The lowest BCUT2D eigenvalue weighted by Crippen LogP contribution is -2.43. The summed E-state index contributed by atoms with van der Waals surface area (Å²) in [6, 6.07) is 10.4. The van der Waals surface area contributed by atoms with Crippen molar-refractivity contribution in [3.8, 4) is 0 Å². The van der Waals surface area contributed by atoms with Crippen molar-refractivity contribution in [2.45, 2.75) is 59.1 Å². The smallest absolute Gasteiger partial charge is 0.414 e. The van der Waals surface area contributed by atoms with E-state index in [4.69, 9.17) is 4.74 Å². The van der Waals surface area contributed by atoms with Gasteiger partial charge in [0.15, 0.2) is 0 Å². The van der Waals surface area contributed by atoms with E-state index in [1.165, 1.54) is 5.56 Å². The largest absolute Gasteiger partial charge is 0.443 e. The highest BCUT2D eigenvalue weighted by Gasteiger charge is 2.27. The summed E-state index contributed by atoms with van der Waals surface area (Å²) in [5.74, 6) is 0. The van der Waals surface area contributed by atoms with E-state index in [9.17, 15) is 4.79 Å². The van der Waals surface area contributed by atoms with Crippen LogP contribution in [0.4, 0.5) is 4.79 Å². The Morgan fingerprint density at radius 2 is 1.88 bits per heavy atom. The summed E-state index contributed by atoms with van der Waals surface area (Å²) >= 11 is 0. The lowest BCUT2D eigenvalue weighted by atomic mass is 10.1. The molecule has 2 rings (SSSR count). The maximum Gasteiger partial charge on any atom is 0.414 e.